The molecule has 0 saturated carbocycles. The molecule has 1 rings (SSSR count). The molecule has 27 heavy (non-hydrogen) atoms. The Morgan fingerprint density at radius 3 is 2.11 bits per heavy atom. The molecule has 1 heterocycles. The van der Waals surface area contributed by atoms with Gasteiger partial charge in [-0.1, -0.05) is 6.42 Å². The SMILES string of the molecule is CC(=O)ONC(=O)CNC(=O)CNC(=O)CCCCCN1C(=O)C=CC1=O. The predicted molar refractivity (Wildman–Crippen MR) is 90.3 cm³/mol. The van der Waals surface area contributed by atoms with Gasteiger partial charge in [0.2, 0.25) is 11.8 Å². The first-order chi connectivity index (χ1) is 12.8. The van der Waals surface area contributed by atoms with Crippen molar-refractivity contribution in [3.63, 3.8) is 0 Å². The topological polar surface area (TPSA) is 151 Å². The fourth-order valence-corrected chi connectivity index (χ4v) is 2.06. The van der Waals surface area contributed by atoms with Crippen LogP contribution >= 0.6 is 0 Å². The summed E-state index contributed by atoms with van der Waals surface area (Å²) in [6, 6.07) is 0. The van der Waals surface area contributed by atoms with Gasteiger partial charge in [0.15, 0.2) is 0 Å². The Kier molecular flexibility index (Phi) is 9.20. The molecule has 0 unspecified atom stereocenters. The zero-order valence-electron chi connectivity index (χ0n) is 14.9. The van der Waals surface area contributed by atoms with Crippen LogP contribution in [0.15, 0.2) is 12.2 Å². The van der Waals surface area contributed by atoms with Crippen molar-refractivity contribution in [2.24, 2.45) is 0 Å². The fourth-order valence-electron chi connectivity index (χ4n) is 2.06. The number of rotatable bonds is 10. The quantitative estimate of drug-likeness (QED) is 0.231. The van der Waals surface area contributed by atoms with Crippen molar-refractivity contribution in [1.29, 1.82) is 0 Å². The zero-order valence-corrected chi connectivity index (χ0v) is 14.9. The van der Waals surface area contributed by atoms with Gasteiger partial charge in [-0.25, -0.2) is 0 Å². The lowest BCUT2D eigenvalue weighted by molar-refractivity contribution is -0.155. The van der Waals surface area contributed by atoms with E-state index in [1.54, 1.807) is 0 Å². The monoisotopic (exact) mass is 382 g/mol. The van der Waals surface area contributed by atoms with Gasteiger partial charge in [-0.2, -0.15) is 5.48 Å². The number of hydrogen-bond donors (Lipinski definition) is 3. The second kappa shape index (κ2) is 11.4. The van der Waals surface area contributed by atoms with Crippen molar-refractivity contribution in [2.45, 2.75) is 32.6 Å². The maximum Gasteiger partial charge on any atom is 0.329 e. The number of hydrogen-bond acceptors (Lipinski definition) is 7. The zero-order chi connectivity index (χ0) is 20.2. The van der Waals surface area contributed by atoms with Crippen LogP contribution in [0.2, 0.25) is 0 Å². The molecule has 0 radical (unpaired) electrons. The van der Waals surface area contributed by atoms with Gasteiger partial charge >= 0.3 is 5.97 Å². The molecule has 0 spiro atoms. The number of carbonyl (C=O) groups is 6. The van der Waals surface area contributed by atoms with Crippen molar-refractivity contribution in [1.82, 2.24) is 21.0 Å². The van der Waals surface area contributed by atoms with E-state index in [0.29, 0.717) is 25.8 Å². The molecule has 0 aliphatic carbocycles. The molecule has 0 aromatic carbocycles. The second-order valence-electron chi connectivity index (χ2n) is 5.64. The van der Waals surface area contributed by atoms with Crippen molar-refractivity contribution >= 4 is 35.5 Å². The summed E-state index contributed by atoms with van der Waals surface area (Å²) in [5.41, 5.74) is 1.83. The molecule has 0 aromatic heterocycles. The third kappa shape index (κ3) is 9.14. The number of imide groups is 1. The van der Waals surface area contributed by atoms with Gasteiger partial charge in [-0.15, -0.1) is 0 Å². The first kappa shape index (κ1) is 21.8. The Labute approximate surface area is 155 Å². The van der Waals surface area contributed by atoms with E-state index in [9.17, 15) is 28.8 Å². The fraction of sp³-hybridized carbons (Fsp3) is 0.500. The summed E-state index contributed by atoms with van der Waals surface area (Å²) in [4.78, 5) is 72.8. The molecular formula is C16H22N4O7. The second-order valence-corrected chi connectivity index (χ2v) is 5.64. The van der Waals surface area contributed by atoms with E-state index in [1.165, 1.54) is 12.2 Å². The highest BCUT2D eigenvalue weighted by atomic mass is 16.7. The highest BCUT2D eigenvalue weighted by Gasteiger charge is 2.22. The first-order valence-electron chi connectivity index (χ1n) is 8.32. The lowest BCUT2D eigenvalue weighted by atomic mass is 10.2. The van der Waals surface area contributed by atoms with Gasteiger partial charge in [-0.3, -0.25) is 33.7 Å². The van der Waals surface area contributed by atoms with Gasteiger partial charge in [0.25, 0.3) is 17.7 Å². The van der Waals surface area contributed by atoms with Crippen LogP contribution in [0.5, 0.6) is 0 Å². The molecule has 1 aliphatic rings. The van der Waals surface area contributed by atoms with Gasteiger partial charge < -0.3 is 15.5 Å². The first-order valence-corrected chi connectivity index (χ1v) is 8.32. The molecule has 11 heteroatoms. The van der Waals surface area contributed by atoms with Crippen molar-refractivity contribution in [2.75, 3.05) is 19.6 Å². The van der Waals surface area contributed by atoms with E-state index in [1.807, 2.05) is 5.48 Å². The molecule has 5 amide bonds. The third-order valence-electron chi connectivity index (χ3n) is 3.39. The van der Waals surface area contributed by atoms with E-state index >= 15 is 0 Å². The van der Waals surface area contributed by atoms with Crippen LogP contribution in [0.3, 0.4) is 0 Å². The molecule has 0 saturated heterocycles. The van der Waals surface area contributed by atoms with E-state index in [2.05, 4.69) is 15.5 Å². The lowest BCUT2D eigenvalue weighted by Gasteiger charge is -2.13. The summed E-state index contributed by atoms with van der Waals surface area (Å²) in [6.07, 6.45) is 4.42. The minimum atomic E-state index is -0.713. The minimum Gasteiger partial charge on any atom is -0.347 e. The number of carbonyl (C=O) groups excluding carboxylic acids is 6. The Bertz CT molecular complexity index is 627. The number of hydroxylamine groups is 1. The van der Waals surface area contributed by atoms with Crippen LogP contribution in [-0.4, -0.2) is 60.0 Å². The lowest BCUT2D eigenvalue weighted by Crippen LogP contribution is -2.42. The minimum absolute atomic E-state index is 0.195. The van der Waals surface area contributed by atoms with Crippen molar-refractivity contribution < 1.29 is 33.6 Å². The van der Waals surface area contributed by atoms with Crippen LogP contribution in [0.4, 0.5) is 0 Å². The smallest absolute Gasteiger partial charge is 0.329 e. The third-order valence-corrected chi connectivity index (χ3v) is 3.39. The molecular weight excluding hydrogens is 360 g/mol. The highest BCUT2D eigenvalue weighted by Crippen LogP contribution is 2.07. The molecule has 0 bridgehead atoms. The average molecular weight is 382 g/mol. The van der Waals surface area contributed by atoms with E-state index in [-0.39, 0.29) is 30.7 Å². The molecule has 148 valence electrons. The average Bonchev–Trinajstić information content (AvgIpc) is 2.94. The van der Waals surface area contributed by atoms with E-state index < -0.39 is 24.3 Å². The summed E-state index contributed by atoms with van der Waals surface area (Å²) in [7, 11) is 0. The van der Waals surface area contributed by atoms with E-state index in [4.69, 9.17) is 0 Å². The number of nitrogens with zero attached hydrogens (tertiary/aromatic N) is 1. The Balaban J connectivity index is 2.04. The normalized spacial score (nSPS) is 12.7. The molecule has 0 fully saturated rings. The molecule has 0 aromatic rings. The molecule has 1 aliphatic heterocycles. The number of amides is 5. The maximum atomic E-state index is 11.6. The van der Waals surface area contributed by atoms with Crippen LogP contribution < -0.4 is 16.1 Å². The summed E-state index contributed by atoms with van der Waals surface area (Å²) in [6.45, 7) is 0.730. The van der Waals surface area contributed by atoms with Crippen molar-refractivity contribution in [3.8, 4) is 0 Å². The van der Waals surface area contributed by atoms with Gasteiger partial charge in [0, 0.05) is 32.0 Å². The number of unbranched alkanes of at least 4 members (excludes halogenated alkanes) is 2. The van der Waals surface area contributed by atoms with Gasteiger partial charge in [-0.05, 0) is 12.8 Å². The molecule has 0 atom stereocenters. The Morgan fingerprint density at radius 2 is 1.48 bits per heavy atom. The summed E-state index contributed by atoms with van der Waals surface area (Å²) in [5.74, 6) is -2.97. The van der Waals surface area contributed by atoms with E-state index in [0.717, 1.165) is 11.8 Å². The standard InChI is InChI=1S/C16H22N4O7/c1-11(21)27-19-14(24)10-18-13(23)9-17-12(22)5-3-2-4-8-20-15(25)6-7-16(20)26/h6-7H,2-5,8-10H2,1H3,(H,17,22)(H,18,23)(H,19,24). The van der Waals surface area contributed by atoms with Gasteiger partial charge in [0.1, 0.15) is 0 Å². The molecule has 11 nitrogen and oxygen atoms in total. The van der Waals surface area contributed by atoms with Crippen LogP contribution in [-0.2, 0) is 33.6 Å². The van der Waals surface area contributed by atoms with Gasteiger partial charge in [0.05, 0.1) is 13.1 Å². The maximum absolute atomic E-state index is 11.6. The van der Waals surface area contributed by atoms with Crippen LogP contribution in [0, 0.1) is 0 Å². The van der Waals surface area contributed by atoms with Crippen molar-refractivity contribution in [3.05, 3.63) is 12.2 Å². The summed E-state index contributed by atoms with van der Waals surface area (Å²) >= 11 is 0. The summed E-state index contributed by atoms with van der Waals surface area (Å²) < 4.78 is 0. The Morgan fingerprint density at radius 1 is 0.889 bits per heavy atom. The predicted octanol–water partition coefficient (Wildman–Crippen LogP) is -1.70. The van der Waals surface area contributed by atoms with Crippen LogP contribution in [0.1, 0.15) is 32.6 Å². The largest absolute Gasteiger partial charge is 0.347 e. The number of nitrogens with one attached hydrogen (secondary N) is 3. The summed E-state index contributed by atoms with van der Waals surface area (Å²) in [5, 5.41) is 4.65. The Hall–Kier alpha value is -3.24. The van der Waals surface area contributed by atoms with Crippen LogP contribution in [0.25, 0.3) is 0 Å². The highest BCUT2D eigenvalue weighted by molar-refractivity contribution is 6.12. The molecule has 3 N–H and O–H groups in total.